The van der Waals surface area contributed by atoms with Crippen molar-refractivity contribution in [1.29, 1.82) is 0 Å². The second-order valence-corrected chi connectivity index (χ2v) is 6.47. The average molecular weight is 331 g/mol. The number of hydrogen-bond donors (Lipinski definition) is 1. The Balaban J connectivity index is 1.81. The van der Waals surface area contributed by atoms with Crippen LogP contribution < -0.4 is 10.2 Å². The molecule has 132 valence electrons. The Morgan fingerprint density at radius 2 is 1.83 bits per heavy atom. The number of hydrogen-bond acceptors (Lipinski definition) is 3. The van der Waals surface area contributed by atoms with Gasteiger partial charge in [0.1, 0.15) is 0 Å². The molecule has 1 aliphatic rings. The van der Waals surface area contributed by atoms with Crippen LogP contribution >= 0.6 is 0 Å². The van der Waals surface area contributed by atoms with Crippen LogP contribution in [0.2, 0.25) is 0 Å². The molecular formula is C19H29N3O2. The smallest absolute Gasteiger partial charge is 0.242 e. The van der Waals surface area contributed by atoms with Crippen LogP contribution in [-0.2, 0) is 9.59 Å². The van der Waals surface area contributed by atoms with E-state index in [1.807, 2.05) is 11.8 Å². The summed E-state index contributed by atoms with van der Waals surface area (Å²) in [6, 6.07) is 6.36. The summed E-state index contributed by atoms with van der Waals surface area (Å²) in [6.45, 7) is 9.52. The SMILES string of the molecule is CCCCC(=O)NCC(=O)N1CCN(c2cccc(C)c2C)CC1. The maximum atomic E-state index is 12.2. The van der Waals surface area contributed by atoms with Gasteiger partial charge in [-0.05, 0) is 37.5 Å². The van der Waals surface area contributed by atoms with Crippen LogP contribution in [0.5, 0.6) is 0 Å². The first kappa shape index (κ1) is 18.3. The fraction of sp³-hybridized carbons (Fsp3) is 0.579. The third-order valence-corrected chi connectivity index (χ3v) is 4.74. The van der Waals surface area contributed by atoms with Crippen molar-refractivity contribution in [3.05, 3.63) is 29.3 Å². The van der Waals surface area contributed by atoms with Gasteiger partial charge in [-0.1, -0.05) is 25.5 Å². The van der Waals surface area contributed by atoms with Gasteiger partial charge >= 0.3 is 0 Å². The molecule has 5 heteroatoms. The number of piperazine rings is 1. The first-order chi connectivity index (χ1) is 11.5. The molecule has 24 heavy (non-hydrogen) atoms. The molecule has 2 amide bonds. The van der Waals surface area contributed by atoms with E-state index < -0.39 is 0 Å². The molecule has 0 radical (unpaired) electrons. The molecule has 0 atom stereocenters. The van der Waals surface area contributed by atoms with Gasteiger partial charge < -0.3 is 15.1 Å². The van der Waals surface area contributed by atoms with Crippen molar-refractivity contribution in [3.63, 3.8) is 0 Å². The van der Waals surface area contributed by atoms with E-state index in [4.69, 9.17) is 0 Å². The van der Waals surface area contributed by atoms with Crippen molar-refractivity contribution >= 4 is 17.5 Å². The zero-order chi connectivity index (χ0) is 17.5. The lowest BCUT2D eigenvalue weighted by atomic mass is 10.1. The maximum absolute atomic E-state index is 12.2. The minimum atomic E-state index is -0.0285. The molecule has 0 saturated carbocycles. The van der Waals surface area contributed by atoms with Gasteiger partial charge in [-0.15, -0.1) is 0 Å². The maximum Gasteiger partial charge on any atom is 0.242 e. The predicted molar refractivity (Wildman–Crippen MR) is 97.2 cm³/mol. The van der Waals surface area contributed by atoms with Crippen LogP contribution in [0.1, 0.15) is 37.3 Å². The second kappa shape index (κ2) is 8.71. The summed E-state index contributed by atoms with van der Waals surface area (Å²) < 4.78 is 0. The van der Waals surface area contributed by atoms with Crippen molar-refractivity contribution in [2.45, 2.75) is 40.0 Å². The van der Waals surface area contributed by atoms with Crippen LogP contribution in [0.25, 0.3) is 0 Å². The quantitative estimate of drug-likeness (QED) is 0.870. The molecule has 0 spiro atoms. The normalized spacial score (nSPS) is 14.6. The van der Waals surface area contributed by atoms with Crippen molar-refractivity contribution in [1.82, 2.24) is 10.2 Å². The summed E-state index contributed by atoms with van der Waals surface area (Å²) in [5.74, 6) is -0.0142. The van der Waals surface area contributed by atoms with Crippen LogP contribution in [0.4, 0.5) is 5.69 Å². The molecule has 1 aliphatic heterocycles. The summed E-state index contributed by atoms with van der Waals surface area (Å²) in [5.41, 5.74) is 3.86. The molecule has 0 aliphatic carbocycles. The van der Waals surface area contributed by atoms with Gasteiger partial charge in [0.05, 0.1) is 6.54 Å². The standard InChI is InChI=1S/C19H29N3O2/c1-4-5-9-18(23)20-14-19(24)22-12-10-21(11-13-22)17-8-6-7-15(2)16(17)3/h6-8H,4-5,9-14H2,1-3H3,(H,20,23). The lowest BCUT2D eigenvalue weighted by Crippen LogP contribution is -2.51. The monoisotopic (exact) mass is 331 g/mol. The highest BCUT2D eigenvalue weighted by molar-refractivity contribution is 5.84. The van der Waals surface area contributed by atoms with Gasteiger partial charge in [-0.3, -0.25) is 9.59 Å². The Morgan fingerprint density at radius 3 is 2.50 bits per heavy atom. The molecule has 1 fully saturated rings. The third-order valence-electron chi connectivity index (χ3n) is 4.74. The number of nitrogens with zero attached hydrogens (tertiary/aromatic N) is 2. The highest BCUT2D eigenvalue weighted by atomic mass is 16.2. The summed E-state index contributed by atoms with van der Waals surface area (Å²) in [5, 5.41) is 2.73. The van der Waals surface area contributed by atoms with Crippen molar-refractivity contribution < 1.29 is 9.59 Å². The molecule has 0 unspecified atom stereocenters. The molecular weight excluding hydrogens is 302 g/mol. The fourth-order valence-corrected chi connectivity index (χ4v) is 2.99. The molecule has 2 rings (SSSR count). The Labute approximate surface area is 145 Å². The first-order valence-corrected chi connectivity index (χ1v) is 8.88. The number of nitrogens with one attached hydrogen (secondary N) is 1. The molecule has 1 aromatic carbocycles. The lowest BCUT2D eigenvalue weighted by molar-refractivity contribution is -0.133. The van der Waals surface area contributed by atoms with Gasteiger partial charge in [-0.25, -0.2) is 0 Å². The molecule has 5 nitrogen and oxygen atoms in total. The van der Waals surface area contributed by atoms with E-state index in [2.05, 4.69) is 42.3 Å². The van der Waals surface area contributed by atoms with Crippen molar-refractivity contribution in [2.24, 2.45) is 0 Å². The van der Waals surface area contributed by atoms with Crippen molar-refractivity contribution in [2.75, 3.05) is 37.6 Å². The topological polar surface area (TPSA) is 52.7 Å². The molecule has 0 aromatic heterocycles. The van der Waals surface area contributed by atoms with Crippen LogP contribution in [0.3, 0.4) is 0 Å². The number of anilines is 1. The number of amides is 2. The lowest BCUT2D eigenvalue weighted by Gasteiger charge is -2.37. The highest BCUT2D eigenvalue weighted by Gasteiger charge is 2.22. The number of rotatable bonds is 6. The molecule has 1 saturated heterocycles. The number of unbranched alkanes of at least 4 members (excludes halogenated alkanes) is 1. The van der Waals surface area contributed by atoms with E-state index in [0.717, 1.165) is 25.9 Å². The average Bonchev–Trinajstić information content (AvgIpc) is 2.60. The number of carbonyl (C=O) groups excluding carboxylic acids is 2. The second-order valence-electron chi connectivity index (χ2n) is 6.47. The first-order valence-electron chi connectivity index (χ1n) is 8.88. The number of benzene rings is 1. The van der Waals surface area contributed by atoms with E-state index in [-0.39, 0.29) is 18.4 Å². The van der Waals surface area contributed by atoms with Crippen LogP contribution in [-0.4, -0.2) is 49.4 Å². The highest BCUT2D eigenvalue weighted by Crippen LogP contribution is 2.23. The zero-order valence-corrected chi connectivity index (χ0v) is 15.1. The van der Waals surface area contributed by atoms with E-state index in [9.17, 15) is 9.59 Å². The predicted octanol–water partition coefficient (Wildman–Crippen LogP) is 2.26. The molecule has 0 bridgehead atoms. The Kier molecular flexibility index (Phi) is 6.64. The van der Waals surface area contributed by atoms with E-state index >= 15 is 0 Å². The largest absolute Gasteiger partial charge is 0.368 e. The van der Waals surface area contributed by atoms with Gasteiger partial charge in [0.15, 0.2) is 0 Å². The fourth-order valence-electron chi connectivity index (χ4n) is 2.99. The molecule has 1 heterocycles. The van der Waals surface area contributed by atoms with Gasteiger partial charge in [-0.2, -0.15) is 0 Å². The van der Waals surface area contributed by atoms with E-state index in [1.54, 1.807) is 0 Å². The Hall–Kier alpha value is -2.04. The van der Waals surface area contributed by atoms with Crippen LogP contribution in [0.15, 0.2) is 18.2 Å². The Bertz CT molecular complexity index is 578. The van der Waals surface area contributed by atoms with Gasteiger partial charge in [0.2, 0.25) is 11.8 Å². The summed E-state index contributed by atoms with van der Waals surface area (Å²) in [7, 11) is 0. The van der Waals surface area contributed by atoms with Gasteiger partial charge in [0.25, 0.3) is 0 Å². The number of carbonyl (C=O) groups is 2. The minimum Gasteiger partial charge on any atom is -0.368 e. The third kappa shape index (κ3) is 4.73. The van der Waals surface area contributed by atoms with E-state index in [0.29, 0.717) is 19.5 Å². The minimum absolute atomic E-state index is 0.0143. The van der Waals surface area contributed by atoms with Crippen molar-refractivity contribution in [3.8, 4) is 0 Å². The van der Waals surface area contributed by atoms with Gasteiger partial charge in [0, 0.05) is 38.3 Å². The summed E-state index contributed by atoms with van der Waals surface area (Å²) >= 11 is 0. The molecule has 1 N–H and O–H groups in total. The van der Waals surface area contributed by atoms with E-state index in [1.165, 1.54) is 16.8 Å². The Morgan fingerprint density at radius 1 is 1.12 bits per heavy atom. The van der Waals surface area contributed by atoms with Crippen LogP contribution in [0, 0.1) is 13.8 Å². The summed E-state index contributed by atoms with van der Waals surface area (Å²) in [4.78, 5) is 28.0. The summed E-state index contributed by atoms with van der Waals surface area (Å²) in [6.07, 6.45) is 2.36. The number of aryl methyl sites for hydroxylation is 1. The zero-order valence-electron chi connectivity index (χ0n) is 15.1. The molecule has 1 aromatic rings.